The van der Waals surface area contributed by atoms with E-state index < -0.39 is 0 Å². The van der Waals surface area contributed by atoms with Crippen LogP contribution in [-0.2, 0) is 9.63 Å². The van der Waals surface area contributed by atoms with E-state index in [4.69, 9.17) is 4.84 Å². The number of hydroxylamine groups is 2. The summed E-state index contributed by atoms with van der Waals surface area (Å²) in [6.07, 6.45) is 2.42. The number of nitrogens with one attached hydrogen (secondary N) is 1. The Morgan fingerprint density at radius 2 is 2.14 bits per heavy atom. The van der Waals surface area contributed by atoms with E-state index in [0.29, 0.717) is 13.2 Å². The SMILES string of the molecule is CC(=O)NCCON1CCC(C)CC1. The zero-order valence-electron chi connectivity index (χ0n) is 9.08. The van der Waals surface area contributed by atoms with E-state index in [-0.39, 0.29) is 5.91 Å². The molecule has 0 radical (unpaired) electrons. The summed E-state index contributed by atoms with van der Waals surface area (Å²) in [5.41, 5.74) is 0. The first-order valence-corrected chi connectivity index (χ1v) is 5.31. The summed E-state index contributed by atoms with van der Waals surface area (Å²) >= 11 is 0. The lowest BCUT2D eigenvalue weighted by Gasteiger charge is -2.29. The van der Waals surface area contributed by atoms with Gasteiger partial charge in [-0.25, -0.2) is 0 Å². The molecule has 0 aromatic carbocycles. The van der Waals surface area contributed by atoms with Crippen molar-refractivity contribution in [1.29, 1.82) is 0 Å². The third kappa shape index (κ3) is 4.58. The Morgan fingerprint density at radius 3 is 2.71 bits per heavy atom. The van der Waals surface area contributed by atoms with E-state index in [1.807, 2.05) is 5.06 Å². The molecule has 0 aromatic rings. The second-order valence-electron chi connectivity index (χ2n) is 3.93. The van der Waals surface area contributed by atoms with Gasteiger partial charge in [-0.15, -0.1) is 0 Å². The molecule has 4 heteroatoms. The van der Waals surface area contributed by atoms with Crippen LogP contribution in [0.25, 0.3) is 0 Å². The van der Waals surface area contributed by atoms with Gasteiger partial charge in [-0.1, -0.05) is 6.92 Å². The maximum Gasteiger partial charge on any atom is 0.216 e. The molecular formula is C10H20N2O2. The second kappa shape index (κ2) is 5.98. The molecule has 1 N–H and O–H groups in total. The van der Waals surface area contributed by atoms with Crippen LogP contribution in [0, 0.1) is 5.92 Å². The Labute approximate surface area is 85.6 Å². The van der Waals surface area contributed by atoms with Gasteiger partial charge in [0.2, 0.25) is 5.91 Å². The number of nitrogens with zero attached hydrogens (tertiary/aromatic N) is 1. The predicted octanol–water partition coefficient (Wildman–Crippen LogP) is 0.786. The van der Waals surface area contributed by atoms with E-state index in [1.165, 1.54) is 19.8 Å². The number of hydrogen-bond acceptors (Lipinski definition) is 3. The number of piperidine rings is 1. The lowest BCUT2D eigenvalue weighted by atomic mass is 10.0. The summed E-state index contributed by atoms with van der Waals surface area (Å²) in [6.45, 7) is 7.00. The van der Waals surface area contributed by atoms with Crippen molar-refractivity contribution in [2.45, 2.75) is 26.7 Å². The van der Waals surface area contributed by atoms with Gasteiger partial charge in [0.05, 0.1) is 6.61 Å². The average Bonchev–Trinajstić information content (AvgIpc) is 2.15. The van der Waals surface area contributed by atoms with Gasteiger partial charge >= 0.3 is 0 Å². The first kappa shape index (κ1) is 11.5. The highest BCUT2D eigenvalue weighted by molar-refractivity contribution is 5.72. The molecule has 0 saturated carbocycles. The summed E-state index contributed by atoms with van der Waals surface area (Å²) < 4.78 is 0. The highest BCUT2D eigenvalue weighted by Crippen LogP contribution is 2.15. The molecule has 0 unspecified atom stereocenters. The van der Waals surface area contributed by atoms with Crippen LogP contribution in [0.2, 0.25) is 0 Å². The lowest BCUT2D eigenvalue weighted by molar-refractivity contribution is -0.172. The Kier molecular flexibility index (Phi) is 4.90. The molecule has 0 atom stereocenters. The molecule has 1 saturated heterocycles. The van der Waals surface area contributed by atoms with E-state index in [1.54, 1.807) is 0 Å². The maximum atomic E-state index is 10.6. The van der Waals surface area contributed by atoms with Crippen molar-refractivity contribution in [3.8, 4) is 0 Å². The van der Waals surface area contributed by atoms with Crippen LogP contribution in [0.15, 0.2) is 0 Å². The Hall–Kier alpha value is -0.610. The number of hydrogen-bond donors (Lipinski definition) is 1. The Balaban J connectivity index is 1.99. The van der Waals surface area contributed by atoms with Crippen LogP contribution in [0.4, 0.5) is 0 Å². The van der Waals surface area contributed by atoms with Crippen molar-refractivity contribution in [3.05, 3.63) is 0 Å². The van der Waals surface area contributed by atoms with Gasteiger partial charge in [0.15, 0.2) is 0 Å². The second-order valence-corrected chi connectivity index (χ2v) is 3.93. The molecular weight excluding hydrogens is 180 g/mol. The smallest absolute Gasteiger partial charge is 0.216 e. The van der Waals surface area contributed by atoms with Crippen LogP contribution in [0.1, 0.15) is 26.7 Å². The molecule has 1 aliphatic rings. The molecule has 1 fully saturated rings. The molecule has 1 heterocycles. The average molecular weight is 200 g/mol. The van der Waals surface area contributed by atoms with Gasteiger partial charge in [-0.05, 0) is 18.8 Å². The largest absolute Gasteiger partial charge is 0.354 e. The maximum absolute atomic E-state index is 10.6. The molecule has 0 aliphatic carbocycles. The first-order valence-electron chi connectivity index (χ1n) is 5.31. The van der Waals surface area contributed by atoms with Crippen molar-refractivity contribution < 1.29 is 9.63 Å². The fourth-order valence-corrected chi connectivity index (χ4v) is 1.52. The van der Waals surface area contributed by atoms with Crippen LogP contribution in [-0.4, -0.2) is 37.2 Å². The van der Waals surface area contributed by atoms with Crippen molar-refractivity contribution in [2.75, 3.05) is 26.2 Å². The quantitative estimate of drug-likeness (QED) is 0.682. The first-order chi connectivity index (χ1) is 6.68. The van der Waals surface area contributed by atoms with Crippen LogP contribution < -0.4 is 5.32 Å². The summed E-state index contributed by atoms with van der Waals surface area (Å²) in [6, 6.07) is 0. The number of carbonyl (C=O) groups is 1. The molecule has 14 heavy (non-hydrogen) atoms. The van der Waals surface area contributed by atoms with Gasteiger partial charge < -0.3 is 5.32 Å². The van der Waals surface area contributed by atoms with Crippen LogP contribution in [0.3, 0.4) is 0 Å². The zero-order chi connectivity index (χ0) is 10.4. The standard InChI is InChI=1S/C10H20N2O2/c1-9-3-6-12(7-4-9)14-8-5-11-10(2)13/h9H,3-8H2,1-2H3,(H,11,13). The van der Waals surface area contributed by atoms with Crippen molar-refractivity contribution in [3.63, 3.8) is 0 Å². The van der Waals surface area contributed by atoms with Gasteiger partial charge in [-0.3, -0.25) is 9.63 Å². The molecule has 0 bridgehead atoms. The van der Waals surface area contributed by atoms with Gasteiger partial charge in [0.25, 0.3) is 0 Å². The fraction of sp³-hybridized carbons (Fsp3) is 0.900. The Morgan fingerprint density at radius 1 is 1.50 bits per heavy atom. The third-order valence-corrected chi connectivity index (χ3v) is 2.49. The molecule has 82 valence electrons. The monoisotopic (exact) mass is 200 g/mol. The minimum atomic E-state index is 0.000802. The lowest BCUT2D eigenvalue weighted by Crippen LogP contribution is -2.35. The van der Waals surface area contributed by atoms with Crippen molar-refractivity contribution in [2.24, 2.45) is 5.92 Å². The topological polar surface area (TPSA) is 41.6 Å². The van der Waals surface area contributed by atoms with Gasteiger partial charge in [0.1, 0.15) is 0 Å². The summed E-state index contributed by atoms with van der Waals surface area (Å²) in [4.78, 5) is 16.1. The zero-order valence-corrected chi connectivity index (χ0v) is 9.08. The predicted molar refractivity (Wildman–Crippen MR) is 54.6 cm³/mol. The van der Waals surface area contributed by atoms with Gasteiger partial charge in [0, 0.05) is 26.6 Å². The normalized spacial score (nSPS) is 19.6. The summed E-state index contributed by atoms with van der Waals surface area (Å²) in [7, 11) is 0. The van der Waals surface area contributed by atoms with Crippen LogP contribution in [0.5, 0.6) is 0 Å². The minimum absolute atomic E-state index is 0.000802. The Bertz CT molecular complexity index is 177. The third-order valence-electron chi connectivity index (χ3n) is 2.49. The molecule has 1 amide bonds. The minimum Gasteiger partial charge on any atom is -0.354 e. The highest BCUT2D eigenvalue weighted by Gasteiger charge is 2.15. The highest BCUT2D eigenvalue weighted by atomic mass is 16.7. The summed E-state index contributed by atoms with van der Waals surface area (Å²) in [5.74, 6) is 0.825. The molecule has 1 rings (SSSR count). The molecule has 4 nitrogen and oxygen atoms in total. The fourth-order valence-electron chi connectivity index (χ4n) is 1.52. The van der Waals surface area contributed by atoms with Crippen molar-refractivity contribution >= 4 is 5.91 Å². The van der Waals surface area contributed by atoms with Crippen molar-refractivity contribution in [1.82, 2.24) is 10.4 Å². The van der Waals surface area contributed by atoms with Gasteiger partial charge in [-0.2, -0.15) is 5.06 Å². The van der Waals surface area contributed by atoms with Crippen LogP contribution >= 0.6 is 0 Å². The number of amides is 1. The molecule has 1 aliphatic heterocycles. The van der Waals surface area contributed by atoms with E-state index in [9.17, 15) is 4.79 Å². The van der Waals surface area contributed by atoms with E-state index >= 15 is 0 Å². The molecule has 0 spiro atoms. The number of rotatable bonds is 4. The summed E-state index contributed by atoms with van der Waals surface area (Å²) in [5, 5.41) is 4.71. The molecule has 0 aromatic heterocycles. The van der Waals surface area contributed by atoms with E-state index in [0.717, 1.165) is 19.0 Å². The van der Waals surface area contributed by atoms with E-state index in [2.05, 4.69) is 12.2 Å². The number of carbonyl (C=O) groups excluding carboxylic acids is 1.